The zero-order valence-electron chi connectivity index (χ0n) is 12.7. The van der Waals surface area contributed by atoms with Gasteiger partial charge in [-0.2, -0.15) is 0 Å². The van der Waals surface area contributed by atoms with E-state index in [-0.39, 0.29) is 5.91 Å². The summed E-state index contributed by atoms with van der Waals surface area (Å²) in [6.45, 7) is 4.26. The van der Waals surface area contributed by atoms with E-state index in [0.717, 1.165) is 11.4 Å². The van der Waals surface area contributed by atoms with Crippen molar-refractivity contribution in [1.29, 1.82) is 0 Å². The van der Waals surface area contributed by atoms with Crippen LogP contribution in [0.5, 0.6) is 0 Å². The van der Waals surface area contributed by atoms with Crippen LogP contribution in [0.2, 0.25) is 5.02 Å². The van der Waals surface area contributed by atoms with E-state index >= 15 is 0 Å². The standard InChI is InChI=1S/C16H17ClN4OS/c1-11-10-21(9-8-18-11)16(22)13-6-7-15(20-19-13)23-14-5-3-2-4-12(14)17/h2-7,11,18H,8-10H2,1H3. The Bertz CT molecular complexity index is 695. The first-order valence-electron chi connectivity index (χ1n) is 7.42. The molecule has 1 N–H and O–H groups in total. The van der Waals surface area contributed by atoms with Crippen molar-refractivity contribution < 1.29 is 4.79 Å². The molecule has 0 spiro atoms. The highest BCUT2D eigenvalue weighted by Gasteiger charge is 2.22. The van der Waals surface area contributed by atoms with Crippen LogP contribution < -0.4 is 5.32 Å². The number of amides is 1. The third-order valence-electron chi connectivity index (χ3n) is 3.57. The summed E-state index contributed by atoms with van der Waals surface area (Å²) in [5.74, 6) is -0.0693. The topological polar surface area (TPSA) is 58.1 Å². The van der Waals surface area contributed by atoms with E-state index in [1.807, 2.05) is 29.2 Å². The number of carbonyl (C=O) groups excluding carboxylic acids is 1. The molecule has 7 heteroatoms. The predicted molar refractivity (Wildman–Crippen MR) is 91.0 cm³/mol. The second-order valence-electron chi connectivity index (χ2n) is 5.40. The van der Waals surface area contributed by atoms with E-state index in [0.29, 0.717) is 34.9 Å². The van der Waals surface area contributed by atoms with Gasteiger partial charge in [-0.15, -0.1) is 10.2 Å². The molecule has 2 heterocycles. The van der Waals surface area contributed by atoms with E-state index in [1.54, 1.807) is 12.1 Å². The van der Waals surface area contributed by atoms with E-state index in [4.69, 9.17) is 11.6 Å². The van der Waals surface area contributed by atoms with Gasteiger partial charge in [0.1, 0.15) is 5.03 Å². The fourth-order valence-electron chi connectivity index (χ4n) is 2.41. The van der Waals surface area contributed by atoms with Crippen molar-refractivity contribution in [2.75, 3.05) is 19.6 Å². The number of nitrogens with one attached hydrogen (secondary N) is 1. The number of carbonyl (C=O) groups is 1. The van der Waals surface area contributed by atoms with Crippen molar-refractivity contribution in [3.05, 3.63) is 47.1 Å². The summed E-state index contributed by atoms with van der Waals surface area (Å²) < 4.78 is 0. The van der Waals surface area contributed by atoms with Gasteiger partial charge in [0.15, 0.2) is 5.69 Å². The van der Waals surface area contributed by atoms with Crippen LogP contribution in [-0.4, -0.2) is 46.7 Å². The number of hydrogen-bond acceptors (Lipinski definition) is 5. The van der Waals surface area contributed by atoms with Crippen molar-refractivity contribution in [2.45, 2.75) is 22.9 Å². The van der Waals surface area contributed by atoms with Crippen LogP contribution in [0.3, 0.4) is 0 Å². The zero-order valence-corrected chi connectivity index (χ0v) is 14.3. The second-order valence-corrected chi connectivity index (χ2v) is 6.87. The highest BCUT2D eigenvalue weighted by Crippen LogP contribution is 2.31. The lowest BCUT2D eigenvalue weighted by molar-refractivity contribution is 0.0701. The normalized spacial score (nSPS) is 18.0. The Morgan fingerprint density at radius 2 is 2.13 bits per heavy atom. The van der Waals surface area contributed by atoms with Crippen LogP contribution in [0.4, 0.5) is 0 Å². The number of piperazine rings is 1. The number of rotatable bonds is 3. The first-order chi connectivity index (χ1) is 11.1. The summed E-state index contributed by atoms with van der Waals surface area (Å²) in [6, 6.07) is 11.4. The maximum absolute atomic E-state index is 12.4. The Labute approximate surface area is 144 Å². The minimum absolute atomic E-state index is 0.0693. The van der Waals surface area contributed by atoms with Crippen LogP contribution in [0, 0.1) is 0 Å². The molecule has 2 aromatic rings. The van der Waals surface area contributed by atoms with Crippen LogP contribution in [0.1, 0.15) is 17.4 Å². The first-order valence-corrected chi connectivity index (χ1v) is 8.61. The molecule has 0 bridgehead atoms. The van der Waals surface area contributed by atoms with Gasteiger partial charge in [0.2, 0.25) is 0 Å². The minimum atomic E-state index is -0.0693. The monoisotopic (exact) mass is 348 g/mol. The molecule has 1 aliphatic rings. The first kappa shape index (κ1) is 16.2. The summed E-state index contributed by atoms with van der Waals surface area (Å²) >= 11 is 7.57. The molecule has 1 fully saturated rings. The van der Waals surface area contributed by atoms with Crippen molar-refractivity contribution >= 4 is 29.3 Å². The molecule has 120 valence electrons. The summed E-state index contributed by atoms with van der Waals surface area (Å²) in [5, 5.41) is 12.9. The number of hydrogen-bond donors (Lipinski definition) is 1. The van der Waals surface area contributed by atoms with Crippen LogP contribution in [-0.2, 0) is 0 Å². The van der Waals surface area contributed by atoms with Crippen LogP contribution in [0.15, 0.2) is 46.3 Å². The maximum Gasteiger partial charge on any atom is 0.274 e. The lowest BCUT2D eigenvalue weighted by Gasteiger charge is -2.31. The van der Waals surface area contributed by atoms with Gasteiger partial charge in [0, 0.05) is 30.6 Å². The van der Waals surface area contributed by atoms with Gasteiger partial charge >= 0.3 is 0 Å². The molecule has 1 amide bonds. The van der Waals surface area contributed by atoms with Crippen molar-refractivity contribution in [3.63, 3.8) is 0 Å². The Kier molecular flexibility index (Phi) is 5.15. The molecule has 1 atom stereocenters. The van der Waals surface area contributed by atoms with E-state index in [1.165, 1.54) is 11.8 Å². The van der Waals surface area contributed by atoms with Crippen molar-refractivity contribution in [1.82, 2.24) is 20.4 Å². The molecule has 5 nitrogen and oxygen atoms in total. The molecule has 1 aromatic carbocycles. The third kappa shape index (κ3) is 4.02. The number of halogens is 1. The highest BCUT2D eigenvalue weighted by molar-refractivity contribution is 7.99. The summed E-state index contributed by atoms with van der Waals surface area (Å²) in [6.07, 6.45) is 0. The van der Waals surface area contributed by atoms with Gasteiger partial charge in [0.05, 0.1) is 5.02 Å². The lowest BCUT2D eigenvalue weighted by Crippen LogP contribution is -2.51. The second kappa shape index (κ2) is 7.29. The Hall–Kier alpha value is -1.63. The molecule has 0 aliphatic carbocycles. The Morgan fingerprint density at radius 1 is 1.30 bits per heavy atom. The summed E-state index contributed by atoms with van der Waals surface area (Å²) in [7, 11) is 0. The third-order valence-corrected chi connectivity index (χ3v) is 5.01. The Morgan fingerprint density at radius 3 is 2.83 bits per heavy atom. The van der Waals surface area contributed by atoms with Gasteiger partial charge < -0.3 is 10.2 Å². The number of benzene rings is 1. The number of nitrogens with zero attached hydrogens (tertiary/aromatic N) is 3. The smallest absolute Gasteiger partial charge is 0.274 e. The molecular weight excluding hydrogens is 332 g/mol. The summed E-state index contributed by atoms with van der Waals surface area (Å²) in [4.78, 5) is 15.2. The fourth-order valence-corrected chi connectivity index (χ4v) is 3.41. The quantitative estimate of drug-likeness (QED) is 0.924. The largest absolute Gasteiger partial charge is 0.334 e. The molecule has 0 saturated carbocycles. The van der Waals surface area contributed by atoms with Crippen LogP contribution >= 0.6 is 23.4 Å². The van der Waals surface area contributed by atoms with Crippen molar-refractivity contribution in [2.24, 2.45) is 0 Å². The molecule has 1 aromatic heterocycles. The fraction of sp³-hybridized carbons (Fsp3) is 0.312. The Balaban J connectivity index is 1.69. The molecular formula is C16H17ClN4OS. The molecule has 1 saturated heterocycles. The average molecular weight is 349 g/mol. The van der Waals surface area contributed by atoms with Crippen molar-refractivity contribution in [3.8, 4) is 0 Å². The molecule has 1 aliphatic heterocycles. The summed E-state index contributed by atoms with van der Waals surface area (Å²) in [5.41, 5.74) is 0.377. The van der Waals surface area contributed by atoms with Crippen LogP contribution in [0.25, 0.3) is 0 Å². The van der Waals surface area contributed by atoms with E-state index in [9.17, 15) is 4.79 Å². The van der Waals surface area contributed by atoms with Gasteiger partial charge in [-0.3, -0.25) is 4.79 Å². The van der Waals surface area contributed by atoms with Gasteiger partial charge in [-0.25, -0.2) is 0 Å². The van der Waals surface area contributed by atoms with Gasteiger partial charge in [-0.05, 0) is 31.2 Å². The SMILES string of the molecule is CC1CN(C(=O)c2ccc(Sc3ccccc3Cl)nn2)CCN1. The molecule has 23 heavy (non-hydrogen) atoms. The maximum atomic E-state index is 12.4. The molecule has 3 rings (SSSR count). The average Bonchev–Trinajstić information content (AvgIpc) is 2.57. The van der Waals surface area contributed by atoms with E-state index < -0.39 is 0 Å². The van der Waals surface area contributed by atoms with Gasteiger partial charge in [0.25, 0.3) is 5.91 Å². The predicted octanol–water partition coefficient (Wildman–Crippen LogP) is 2.72. The minimum Gasteiger partial charge on any atom is -0.334 e. The zero-order chi connectivity index (χ0) is 16.2. The van der Waals surface area contributed by atoms with E-state index in [2.05, 4.69) is 22.4 Å². The van der Waals surface area contributed by atoms with Gasteiger partial charge in [-0.1, -0.05) is 35.5 Å². The number of aromatic nitrogens is 2. The highest BCUT2D eigenvalue weighted by atomic mass is 35.5. The lowest BCUT2D eigenvalue weighted by atomic mass is 10.2. The molecule has 1 unspecified atom stereocenters. The molecule has 0 radical (unpaired) electrons.